The number of aryl methyl sites for hydroxylation is 1. The van der Waals surface area contributed by atoms with Crippen LogP contribution in [0.1, 0.15) is 15.2 Å². The van der Waals surface area contributed by atoms with Crippen LogP contribution in [0.5, 0.6) is 0 Å². The molecular formula is C13H8Cl2FN3O2S. The molecule has 114 valence electrons. The van der Waals surface area contributed by atoms with Crippen molar-refractivity contribution in [3.05, 3.63) is 48.5 Å². The van der Waals surface area contributed by atoms with Gasteiger partial charge in [0.1, 0.15) is 22.1 Å². The lowest BCUT2D eigenvalue weighted by Gasteiger charge is -2.08. The molecule has 9 heteroatoms. The van der Waals surface area contributed by atoms with Gasteiger partial charge in [0.25, 0.3) is 11.5 Å². The molecule has 0 saturated heterocycles. The minimum atomic E-state index is -0.736. The van der Waals surface area contributed by atoms with Crippen LogP contribution >= 0.6 is 34.5 Å². The molecule has 2 aromatic rings. The molecule has 0 aliphatic heterocycles. The van der Waals surface area contributed by atoms with E-state index in [-0.39, 0.29) is 32.0 Å². The molecule has 1 N–H and O–H groups in total. The van der Waals surface area contributed by atoms with E-state index >= 15 is 0 Å². The van der Waals surface area contributed by atoms with Crippen LogP contribution in [0, 0.1) is 11.3 Å². The first-order valence-electron chi connectivity index (χ1n) is 5.93. The Balaban J connectivity index is 2.28. The number of nitriles is 1. The summed E-state index contributed by atoms with van der Waals surface area (Å²) in [5, 5.41) is 11.2. The molecule has 0 spiro atoms. The maximum Gasteiger partial charge on any atom is 0.269 e. The van der Waals surface area contributed by atoms with Crippen LogP contribution in [-0.2, 0) is 6.54 Å². The van der Waals surface area contributed by atoms with E-state index in [0.717, 1.165) is 15.9 Å². The third-order valence-electron chi connectivity index (χ3n) is 2.66. The van der Waals surface area contributed by atoms with E-state index in [1.807, 2.05) is 6.07 Å². The molecule has 0 aliphatic rings. The topological polar surface area (TPSA) is 74.9 Å². The molecule has 0 atom stereocenters. The molecular weight excluding hydrogens is 352 g/mol. The lowest BCUT2D eigenvalue weighted by molar-refractivity contribution is 0.103. The number of nitrogens with one attached hydrogen (secondary N) is 1. The van der Waals surface area contributed by atoms with Crippen molar-refractivity contribution in [2.24, 2.45) is 0 Å². The Bertz CT molecular complexity index is 826. The number of nitrogens with zero attached hydrogens (tertiary/aromatic N) is 2. The molecule has 1 amide bonds. The summed E-state index contributed by atoms with van der Waals surface area (Å²) in [6.45, 7) is -0.897. The minimum absolute atomic E-state index is 0.131. The third-order valence-corrected chi connectivity index (χ3v) is 4.28. The van der Waals surface area contributed by atoms with Gasteiger partial charge in [0.2, 0.25) is 0 Å². The summed E-state index contributed by atoms with van der Waals surface area (Å²) in [5.41, 5.74) is -0.0911. The van der Waals surface area contributed by atoms with Crippen LogP contribution in [0.15, 0.2) is 23.1 Å². The van der Waals surface area contributed by atoms with Gasteiger partial charge in [-0.2, -0.15) is 5.26 Å². The van der Waals surface area contributed by atoms with E-state index in [9.17, 15) is 14.0 Å². The molecule has 2 aromatic heterocycles. The number of halogens is 3. The van der Waals surface area contributed by atoms with E-state index < -0.39 is 18.1 Å². The third kappa shape index (κ3) is 3.47. The number of hydrogen-bond donors (Lipinski definition) is 1. The number of amides is 1. The molecule has 2 rings (SSSR count). The predicted molar refractivity (Wildman–Crippen MR) is 83.7 cm³/mol. The van der Waals surface area contributed by atoms with Crippen molar-refractivity contribution in [1.29, 1.82) is 5.26 Å². The molecule has 22 heavy (non-hydrogen) atoms. The van der Waals surface area contributed by atoms with Gasteiger partial charge < -0.3 is 9.88 Å². The Kier molecular flexibility index (Phi) is 5.19. The second-order valence-electron chi connectivity index (χ2n) is 4.13. The van der Waals surface area contributed by atoms with Crippen molar-refractivity contribution in [3.63, 3.8) is 0 Å². The van der Waals surface area contributed by atoms with Crippen molar-refractivity contribution >= 4 is 46.1 Å². The van der Waals surface area contributed by atoms with E-state index in [4.69, 9.17) is 28.5 Å². The van der Waals surface area contributed by atoms with Gasteiger partial charge in [0.15, 0.2) is 0 Å². The molecule has 5 nitrogen and oxygen atoms in total. The predicted octanol–water partition coefficient (Wildman–Crippen LogP) is 3.31. The van der Waals surface area contributed by atoms with Gasteiger partial charge in [-0.05, 0) is 12.1 Å². The van der Waals surface area contributed by atoms with Gasteiger partial charge in [-0.25, -0.2) is 4.39 Å². The molecule has 0 unspecified atom stereocenters. The summed E-state index contributed by atoms with van der Waals surface area (Å²) in [7, 11) is 0. The number of alkyl halides is 1. The number of hydrogen-bond acceptors (Lipinski definition) is 4. The number of thiophene rings is 1. The van der Waals surface area contributed by atoms with Crippen LogP contribution in [0.2, 0.25) is 9.36 Å². The highest BCUT2D eigenvalue weighted by Crippen LogP contribution is 2.27. The van der Waals surface area contributed by atoms with Gasteiger partial charge in [-0.3, -0.25) is 9.59 Å². The molecule has 0 aromatic carbocycles. The van der Waals surface area contributed by atoms with Gasteiger partial charge in [-0.1, -0.05) is 23.2 Å². The summed E-state index contributed by atoms with van der Waals surface area (Å²) in [6.07, 6.45) is 1.30. The summed E-state index contributed by atoms with van der Waals surface area (Å²) in [4.78, 5) is 24.0. The average Bonchev–Trinajstić information content (AvgIpc) is 2.85. The lowest BCUT2D eigenvalue weighted by Crippen LogP contribution is -2.22. The summed E-state index contributed by atoms with van der Waals surface area (Å²) in [5.74, 6) is -0.505. The lowest BCUT2D eigenvalue weighted by atomic mass is 10.3. The monoisotopic (exact) mass is 359 g/mol. The SMILES string of the molecule is N#Cc1cc(C(=O)Nc2cc(Cl)c(=O)n(CCF)c2)sc1Cl. The van der Waals surface area contributed by atoms with Crippen LogP contribution in [-0.4, -0.2) is 17.1 Å². The number of carbonyl (C=O) groups excluding carboxylic acids is 1. The second kappa shape index (κ2) is 6.92. The Hall–Kier alpha value is -1.88. The molecule has 0 radical (unpaired) electrons. The quantitative estimate of drug-likeness (QED) is 0.909. The Labute approximate surface area is 138 Å². The maximum absolute atomic E-state index is 12.4. The van der Waals surface area contributed by atoms with Crippen LogP contribution in [0.4, 0.5) is 10.1 Å². The zero-order valence-corrected chi connectivity index (χ0v) is 13.2. The zero-order chi connectivity index (χ0) is 16.3. The Morgan fingerprint density at radius 2 is 2.18 bits per heavy atom. The number of rotatable bonds is 4. The molecule has 0 bridgehead atoms. The fraction of sp³-hybridized carbons (Fsp3) is 0.154. The number of carbonyl (C=O) groups is 1. The highest BCUT2D eigenvalue weighted by molar-refractivity contribution is 7.18. The zero-order valence-electron chi connectivity index (χ0n) is 10.9. The molecule has 0 aliphatic carbocycles. The van der Waals surface area contributed by atoms with Gasteiger partial charge >= 0.3 is 0 Å². The van der Waals surface area contributed by atoms with Crippen molar-refractivity contribution in [2.75, 3.05) is 12.0 Å². The molecule has 2 heterocycles. The summed E-state index contributed by atoms with van der Waals surface area (Å²) < 4.78 is 13.7. The first-order valence-corrected chi connectivity index (χ1v) is 7.50. The smallest absolute Gasteiger partial charge is 0.269 e. The standard InChI is InChI=1S/C13H8Cl2FN3O2S/c14-9-4-8(6-19(2-1-16)13(9)21)18-12(20)10-3-7(5-17)11(15)22-10/h3-4,6H,1-2H2,(H,18,20). The van der Waals surface area contributed by atoms with Crippen molar-refractivity contribution in [3.8, 4) is 6.07 Å². The molecule has 0 saturated carbocycles. The largest absolute Gasteiger partial charge is 0.320 e. The minimum Gasteiger partial charge on any atom is -0.320 e. The highest BCUT2D eigenvalue weighted by atomic mass is 35.5. The van der Waals surface area contributed by atoms with Crippen LogP contribution in [0.25, 0.3) is 0 Å². The van der Waals surface area contributed by atoms with E-state index in [0.29, 0.717) is 0 Å². The summed E-state index contributed by atoms with van der Waals surface area (Å²) in [6, 6.07) is 4.50. The van der Waals surface area contributed by atoms with Crippen LogP contribution < -0.4 is 10.9 Å². The number of pyridine rings is 1. The number of anilines is 1. The van der Waals surface area contributed by atoms with E-state index in [2.05, 4.69) is 5.32 Å². The summed E-state index contributed by atoms with van der Waals surface area (Å²) >= 11 is 12.5. The Morgan fingerprint density at radius 3 is 2.77 bits per heavy atom. The fourth-order valence-corrected chi connectivity index (χ4v) is 2.97. The van der Waals surface area contributed by atoms with Crippen molar-refractivity contribution in [2.45, 2.75) is 6.54 Å². The van der Waals surface area contributed by atoms with Crippen molar-refractivity contribution < 1.29 is 9.18 Å². The Morgan fingerprint density at radius 1 is 1.45 bits per heavy atom. The van der Waals surface area contributed by atoms with Gasteiger partial charge in [0.05, 0.1) is 22.7 Å². The maximum atomic E-state index is 12.4. The first kappa shape index (κ1) is 16.5. The van der Waals surface area contributed by atoms with Gasteiger partial charge in [0, 0.05) is 6.20 Å². The fourth-order valence-electron chi connectivity index (χ4n) is 1.67. The van der Waals surface area contributed by atoms with E-state index in [1.165, 1.54) is 18.3 Å². The number of aromatic nitrogens is 1. The van der Waals surface area contributed by atoms with Gasteiger partial charge in [-0.15, -0.1) is 11.3 Å². The second-order valence-corrected chi connectivity index (χ2v) is 6.19. The first-order chi connectivity index (χ1) is 10.5. The molecule has 0 fully saturated rings. The van der Waals surface area contributed by atoms with E-state index in [1.54, 1.807) is 0 Å². The highest BCUT2D eigenvalue weighted by Gasteiger charge is 2.15. The van der Waals surface area contributed by atoms with Crippen LogP contribution in [0.3, 0.4) is 0 Å². The normalized spacial score (nSPS) is 10.3. The van der Waals surface area contributed by atoms with Crippen molar-refractivity contribution in [1.82, 2.24) is 4.57 Å². The average molecular weight is 360 g/mol.